The summed E-state index contributed by atoms with van der Waals surface area (Å²) in [5.74, 6) is 0.465. The van der Waals surface area contributed by atoms with Crippen LogP contribution in [-0.4, -0.2) is 22.2 Å². The molecule has 3 heterocycles. The molecule has 242 valence electrons. The van der Waals surface area contributed by atoms with Crippen molar-refractivity contribution in [2.24, 2.45) is 0 Å². The number of aromatic nitrogens is 4. The quantitative estimate of drug-likeness (QED) is 0.101. The van der Waals surface area contributed by atoms with Gasteiger partial charge in [-0.25, -0.2) is 4.98 Å². The number of para-hydroxylation sites is 3. The van der Waals surface area contributed by atoms with Gasteiger partial charge in [-0.1, -0.05) is 103 Å². The fourth-order valence-corrected chi connectivity index (χ4v) is 7.87. The van der Waals surface area contributed by atoms with Crippen molar-refractivity contribution in [3.63, 3.8) is 0 Å². The first-order chi connectivity index (χ1) is 28.1. The van der Waals surface area contributed by atoms with Crippen LogP contribution in [0, 0.1) is 6.33 Å². The van der Waals surface area contributed by atoms with Gasteiger partial charge in [-0.05, 0) is 74.3 Å². The van der Waals surface area contributed by atoms with Gasteiger partial charge in [-0.3, -0.25) is 4.57 Å². The number of fused-ring (bicyclic) bond motifs is 4. The maximum Gasteiger partial charge on any atom is 0.244 e. The summed E-state index contributed by atoms with van der Waals surface area (Å²) in [5, 5.41) is 2.04. The van der Waals surface area contributed by atoms with E-state index in [0.29, 0.717) is 22.1 Å². The third kappa shape index (κ3) is 5.52. The highest BCUT2D eigenvalue weighted by Gasteiger charge is 2.22. The van der Waals surface area contributed by atoms with Crippen LogP contribution in [-0.2, 0) is 5.54 Å². The lowest BCUT2D eigenvalue weighted by Gasteiger charge is -2.21. The lowest BCUT2D eigenvalue weighted by molar-refractivity contribution is -0.734. The molecular formula is C43H40N4OSi. The van der Waals surface area contributed by atoms with Crippen LogP contribution in [0.25, 0.3) is 55.5 Å². The molecule has 0 aliphatic heterocycles. The van der Waals surface area contributed by atoms with Crippen LogP contribution in [0.5, 0.6) is 11.5 Å². The number of hydrogen-bond acceptors (Lipinski definition) is 2. The zero-order chi connectivity index (χ0) is 43.5. The molecule has 0 spiro atoms. The van der Waals surface area contributed by atoms with Crippen LogP contribution in [0.4, 0.5) is 0 Å². The van der Waals surface area contributed by atoms with Crippen molar-refractivity contribution in [3.8, 4) is 34.1 Å². The summed E-state index contributed by atoms with van der Waals surface area (Å²) in [5.41, 5.74) is 2.10. The van der Waals surface area contributed by atoms with Crippen molar-refractivity contribution >= 4 is 46.1 Å². The van der Waals surface area contributed by atoms with Gasteiger partial charge in [0.1, 0.15) is 17.3 Å². The first kappa shape index (κ1) is 20.8. The minimum absolute atomic E-state index is 0.00230. The Labute approximate surface area is 304 Å². The van der Waals surface area contributed by atoms with Crippen LogP contribution in [0.1, 0.15) is 35.8 Å². The summed E-state index contributed by atoms with van der Waals surface area (Å²) in [4.78, 5) is 4.73. The Morgan fingerprint density at radius 3 is 2.35 bits per heavy atom. The molecule has 0 aliphatic carbocycles. The summed E-state index contributed by atoms with van der Waals surface area (Å²) in [6.45, 7) is 12.4. The van der Waals surface area contributed by atoms with Crippen LogP contribution in [0.15, 0.2) is 133 Å². The molecule has 0 N–H and O–H groups in total. The van der Waals surface area contributed by atoms with Gasteiger partial charge in [0, 0.05) is 23.0 Å². The number of imidazole rings is 1. The van der Waals surface area contributed by atoms with Crippen molar-refractivity contribution in [3.05, 3.63) is 140 Å². The molecule has 5 nitrogen and oxygen atoms in total. The molecule has 0 atom stereocenters. The minimum atomic E-state index is -1.80. The van der Waals surface area contributed by atoms with Gasteiger partial charge in [0.2, 0.25) is 6.33 Å². The lowest BCUT2D eigenvalue weighted by Crippen LogP contribution is -2.49. The third-order valence-electron chi connectivity index (χ3n) is 8.47. The fraction of sp³-hybridized carbons (Fsp3) is 0.163. The molecule has 0 fully saturated rings. The zero-order valence-electron chi connectivity index (χ0n) is 39.0. The molecular weight excluding hydrogens is 617 g/mol. The van der Waals surface area contributed by atoms with E-state index < -0.39 is 43.8 Å². The molecule has 0 saturated carbocycles. The summed E-state index contributed by atoms with van der Waals surface area (Å²) in [6, 6.07) is 14.3. The molecule has 0 bridgehead atoms. The second-order valence-corrected chi connectivity index (χ2v) is 19.0. The van der Waals surface area contributed by atoms with Crippen molar-refractivity contribution in [2.45, 2.75) is 46.0 Å². The van der Waals surface area contributed by atoms with E-state index in [0.717, 1.165) is 11.1 Å². The smallest absolute Gasteiger partial charge is 0.244 e. The fourth-order valence-electron chi connectivity index (χ4n) is 6.23. The van der Waals surface area contributed by atoms with E-state index >= 15 is 0 Å². The Balaban J connectivity index is 1.35. The number of rotatable bonds is 6. The van der Waals surface area contributed by atoms with Gasteiger partial charge in [-0.2, -0.15) is 0 Å². The Morgan fingerprint density at radius 2 is 1.53 bits per heavy atom. The highest BCUT2D eigenvalue weighted by atomic mass is 28.3. The van der Waals surface area contributed by atoms with Gasteiger partial charge in [0.15, 0.2) is 0 Å². The number of ether oxygens (including phenoxy) is 1. The van der Waals surface area contributed by atoms with Crippen LogP contribution in [0.2, 0.25) is 19.6 Å². The number of pyridine rings is 1. The van der Waals surface area contributed by atoms with Crippen LogP contribution < -0.4 is 14.5 Å². The second-order valence-electron chi connectivity index (χ2n) is 13.9. The van der Waals surface area contributed by atoms with Gasteiger partial charge >= 0.3 is 0 Å². The minimum Gasteiger partial charge on any atom is -0.458 e. The summed E-state index contributed by atoms with van der Waals surface area (Å²) < 4.78 is 107. The Hall–Kier alpha value is -5.46. The molecule has 8 aromatic rings. The summed E-state index contributed by atoms with van der Waals surface area (Å²) >= 11 is 0. The van der Waals surface area contributed by atoms with Gasteiger partial charge in [0.05, 0.1) is 56.4 Å². The van der Waals surface area contributed by atoms with Crippen molar-refractivity contribution in [2.75, 3.05) is 0 Å². The molecule has 3 aromatic heterocycles. The highest BCUT2D eigenvalue weighted by Crippen LogP contribution is 2.36. The first-order valence-electron chi connectivity index (χ1n) is 21.5. The number of benzene rings is 5. The maximum atomic E-state index is 9.06. The Bertz CT molecular complexity index is 3130. The monoisotopic (exact) mass is 667 g/mol. The molecule has 8 rings (SSSR count). The predicted molar refractivity (Wildman–Crippen MR) is 204 cm³/mol. The SMILES string of the molecule is [2H]c1c(Oc2ccc3c4c([2H])c([2H])c([2H])c([2H])c4n(-c4cc(-c5ccccc5[Si](C)(C)C)ccn4)c3c2)cc(-n2[c-][n+](C(C)(C)C)c3c([2H])c([2H])c([2H])c([2H])c32)c([2H])c1[2H]. The molecule has 0 aliphatic rings. The van der Waals surface area contributed by atoms with Gasteiger partial charge in [-0.15, -0.1) is 0 Å². The molecule has 5 aromatic carbocycles. The van der Waals surface area contributed by atoms with E-state index in [1.807, 2.05) is 45.0 Å². The van der Waals surface area contributed by atoms with Crippen LogP contribution >= 0.6 is 0 Å². The predicted octanol–water partition coefficient (Wildman–Crippen LogP) is 9.97. The average molecular weight is 668 g/mol. The Morgan fingerprint density at radius 1 is 0.755 bits per heavy atom. The summed E-state index contributed by atoms with van der Waals surface area (Å²) in [6.07, 6.45) is 4.78. The number of hydrogen-bond donors (Lipinski definition) is 0. The molecule has 0 amide bonds. The van der Waals surface area contributed by atoms with E-state index in [1.54, 1.807) is 33.5 Å². The summed E-state index contributed by atoms with van der Waals surface area (Å²) in [7, 11) is -1.80. The van der Waals surface area contributed by atoms with E-state index in [4.69, 9.17) is 24.8 Å². The van der Waals surface area contributed by atoms with Gasteiger partial charge < -0.3 is 13.9 Å². The third-order valence-corrected chi connectivity index (χ3v) is 10.5. The largest absolute Gasteiger partial charge is 0.458 e. The van der Waals surface area contributed by atoms with E-state index in [1.165, 1.54) is 15.8 Å². The molecule has 0 saturated heterocycles. The zero-order valence-corrected chi connectivity index (χ0v) is 29.0. The van der Waals surface area contributed by atoms with Gasteiger partial charge in [0.25, 0.3) is 0 Å². The molecule has 49 heavy (non-hydrogen) atoms. The standard InChI is InChI=1S/C43H40N4OSi/c1-43(2,3)46-29-45(38-19-10-11-20-39(38)46)31-14-13-15-32(27-31)48-33-22-23-36-35-17-7-9-18-37(35)47(40(36)28-33)42-26-30(24-25-44-42)34-16-8-12-21-41(34)49(4,5)6/h7-28H,1-6H3/i7D,9D,10D,11D,13D,14D,15D,17D,18D,19D,20D. The first-order valence-corrected chi connectivity index (χ1v) is 19.5. The molecule has 0 unspecified atom stereocenters. The topological polar surface area (TPSA) is 35.9 Å². The average Bonchev–Trinajstić information content (AvgIpc) is 3.78. The van der Waals surface area contributed by atoms with Crippen molar-refractivity contribution < 1.29 is 24.4 Å². The number of nitrogens with zero attached hydrogens (tertiary/aromatic N) is 4. The maximum absolute atomic E-state index is 9.06. The molecule has 0 radical (unpaired) electrons. The lowest BCUT2D eigenvalue weighted by atomic mass is 10.1. The van der Waals surface area contributed by atoms with E-state index in [-0.39, 0.29) is 70.0 Å². The second kappa shape index (κ2) is 11.6. The Kier molecular flexibility index (Phi) is 4.93. The highest BCUT2D eigenvalue weighted by molar-refractivity contribution is 6.89. The van der Waals surface area contributed by atoms with E-state index in [9.17, 15) is 0 Å². The normalized spacial score (nSPS) is 15.4. The van der Waals surface area contributed by atoms with Crippen LogP contribution in [0.3, 0.4) is 0 Å². The van der Waals surface area contributed by atoms with Crippen molar-refractivity contribution in [1.29, 1.82) is 0 Å². The van der Waals surface area contributed by atoms with Crippen molar-refractivity contribution in [1.82, 2.24) is 14.1 Å². The van der Waals surface area contributed by atoms with E-state index in [2.05, 4.69) is 38.1 Å². The molecule has 6 heteroatoms.